The number of aliphatic hydroxyl groups excluding tert-OH is 1. The zero-order valence-corrected chi connectivity index (χ0v) is 19.3. The second-order valence-corrected chi connectivity index (χ2v) is 8.93. The number of nitrogens with zero attached hydrogens (tertiary/aromatic N) is 1. The van der Waals surface area contributed by atoms with Crippen LogP contribution in [0, 0.1) is 17.8 Å². The van der Waals surface area contributed by atoms with Crippen molar-refractivity contribution in [3.8, 4) is 11.8 Å². The van der Waals surface area contributed by atoms with Crippen LogP contribution in [0.15, 0.2) is 42.5 Å². The molecule has 168 valence electrons. The van der Waals surface area contributed by atoms with Crippen molar-refractivity contribution in [2.45, 2.75) is 51.2 Å². The zero-order chi connectivity index (χ0) is 22.5. The van der Waals surface area contributed by atoms with Crippen molar-refractivity contribution < 1.29 is 19.4 Å². The molecule has 1 aromatic carbocycles. The Bertz CT molecular complexity index is 784. The van der Waals surface area contributed by atoms with Crippen molar-refractivity contribution in [2.75, 3.05) is 25.2 Å². The Balaban J connectivity index is 1.74. The summed E-state index contributed by atoms with van der Waals surface area (Å²) < 4.78 is 4.63. The molecule has 31 heavy (non-hydrogen) atoms. The van der Waals surface area contributed by atoms with Crippen molar-refractivity contribution in [1.82, 2.24) is 4.90 Å². The number of benzene rings is 1. The standard InChI is InChI=1S/C25H33NO4S/c1-20(8-6-11-21-9-4-3-5-10-21)23(27)15-13-22-14-16-24(28)26(22)17-19-31-18-7-12-25(29)30-2/h3-5,9-10,13,15,20,22-23,27H,7-8,12,14,16-19H2,1-2H3/t20-,22?,23+/m0/s1. The van der Waals surface area contributed by atoms with Gasteiger partial charge in [-0.25, -0.2) is 0 Å². The third-order valence-electron chi connectivity index (χ3n) is 5.29. The van der Waals surface area contributed by atoms with Crippen molar-refractivity contribution in [3.63, 3.8) is 0 Å². The maximum Gasteiger partial charge on any atom is 0.305 e. The summed E-state index contributed by atoms with van der Waals surface area (Å²) in [7, 11) is 1.40. The minimum absolute atomic E-state index is 0.0170. The number of esters is 1. The molecule has 0 spiro atoms. The van der Waals surface area contributed by atoms with Gasteiger partial charge < -0.3 is 14.7 Å². The molecule has 0 bridgehead atoms. The number of hydrogen-bond donors (Lipinski definition) is 1. The van der Waals surface area contributed by atoms with E-state index in [2.05, 4.69) is 16.6 Å². The maximum atomic E-state index is 12.2. The number of likely N-dealkylation sites (tertiary alicyclic amines) is 1. The van der Waals surface area contributed by atoms with Crippen LogP contribution in [0.1, 0.15) is 44.6 Å². The molecule has 0 aliphatic carbocycles. The third kappa shape index (κ3) is 9.20. The van der Waals surface area contributed by atoms with Gasteiger partial charge in [0.05, 0.1) is 19.3 Å². The van der Waals surface area contributed by atoms with E-state index in [9.17, 15) is 14.7 Å². The topological polar surface area (TPSA) is 66.8 Å². The van der Waals surface area contributed by atoms with Crippen molar-refractivity contribution >= 4 is 23.6 Å². The molecule has 1 unspecified atom stereocenters. The van der Waals surface area contributed by atoms with Gasteiger partial charge in [0.2, 0.25) is 5.91 Å². The van der Waals surface area contributed by atoms with Crippen LogP contribution in [-0.4, -0.2) is 59.2 Å². The van der Waals surface area contributed by atoms with E-state index in [1.807, 2.05) is 54.3 Å². The summed E-state index contributed by atoms with van der Waals surface area (Å²) in [4.78, 5) is 25.2. The highest BCUT2D eigenvalue weighted by molar-refractivity contribution is 7.99. The lowest BCUT2D eigenvalue weighted by molar-refractivity contribution is -0.140. The van der Waals surface area contributed by atoms with Crippen LogP contribution < -0.4 is 0 Å². The van der Waals surface area contributed by atoms with Gasteiger partial charge in [-0.15, -0.1) is 0 Å². The first-order valence-electron chi connectivity index (χ1n) is 10.9. The molecule has 0 radical (unpaired) electrons. The molecule has 5 nitrogen and oxygen atoms in total. The van der Waals surface area contributed by atoms with Crippen molar-refractivity contribution in [1.29, 1.82) is 0 Å². The fourth-order valence-electron chi connectivity index (χ4n) is 3.32. The summed E-state index contributed by atoms with van der Waals surface area (Å²) in [5, 5.41) is 10.5. The molecule has 1 aliphatic heterocycles. The summed E-state index contributed by atoms with van der Waals surface area (Å²) in [5.41, 5.74) is 0.975. The van der Waals surface area contributed by atoms with Gasteiger partial charge in [-0.05, 0) is 36.6 Å². The van der Waals surface area contributed by atoms with E-state index in [-0.39, 0.29) is 23.8 Å². The minimum atomic E-state index is -0.588. The summed E-state index contributed by atoms with van der Waals surface area (Å²) >= 11 is 1.74. The van der Waals surface area contributed by atoms with Crippen LogP contribution >= 0.6 is 11.8 Å². The molecular formula is C25H33NO4S. The van der Waals surface area contributed by atoms with E-state index < -0.39 is 6.10 Å². The Labute approximate surface area is 190 Å². The van der Waals surface area contributed by atoms with Crippen LogP contribution in [-0.2, 0) is 14.3 Å². The quantitative estimate of drug-likeness (QED) is 0.245. The average Bonchev–Trinajstić information content (AvgIpc) is 3.14. The Morgan fingerprint density at radius 3 is 2.87 bits per heavy atom. The van der Waals surface area contributed by atoms with E-state index in [1.54, 1.807) is 11.8 Å². The fourth-order valence-corrected chi connectivity index (χ4v) is 4.20. The molecule has 1 saturated heterocycles. The first-order chi connectivity index (χ1) is 15.0. The molecule has 0 saturated carbocycles. The van der Waals surface area contributed by atoms with Crippen LogP contribution in [0.3, 0.4) is 0 Å². The highest BCUT2D eigenvalue weighted by atomic mass is 32.2. The van der Waals surface area contributed by atoms with Crippen LogP contribution in [0.5, 0.6) is 0 Å². The fraction of sp³-hybridized carbons (Fsp3) is 0.520. The van der Waals surface area contributed by atoms with Gasteiger partial charge in [0.15, 0.2) is 0 Å². The second-order valence-electron chi connectivity index (χ2n) is 7.71. The lowest BCUT2D eigenvalue weighted by Gasteiger charge is -2.23. The lowest BCUT2D eigenvalue weighted by atomic mass is 9.99. The number of carbonyl (C=O) groups is 2. The van der Waals surface area contributed by atoms with E-state index in [1.165, 1.54) is 7.11 Å². The van der Waals surface area contributed by atoms with Crippen molar-refractivity contribution in [3.05, 3.63) is 48.0 Å². The number of hydrogen-bond acceptors (Lipinski definition) is 5. The molecule has 1 N–H and O–H groups in total. The predicted octanol–water partition coefficient (Wildman–Crippen LogP) is 3.66. The number of rotatable bonds is 11. The first-order valence-corrected chi connectivity index (χ1v) is 12.0. The summed E-state index contributed by atoms with van der Waals surface area (Å²) in [6.07, 6.45) is 6.36. The molecule has 2 rings (SSSR count). The molecule has 1 aromatic rings. The molecule has 3 atom stereocenters. The Hall–Kier alpha value is -2.23. The third-order valence-corrected chi connectivity index (χ3v) is 6.34. The van der Waals surface area contributed by atoms with Crippen LogP contribution in [0.4, 0.5) is 0 Å². The maximum absolute atomic E-state index is 12.2. The smallest absolute Gasteiger partial charge is 0.305 e. The lowest BCUT2D eigenvalue weighted by Crippen LogP contribution is -2.34. The molecular weight excluding hydrogens is 410 g/mol. The number of aliphatic hydroxyl groups is 1. The van der Waals surface area contributed by atoms with E-state index >= 15 is 0 Å². The van der Waals surface area contributed by atoms with Gasteiger partial charge in [-0.1, -0.05) is 49.1 Å². The largest absolute Gasteiger partial charge is 0.469 e. The number of amides is 1. The minimum Gasteiger partial charge on any atom is -0.469 e. The Morgan fingerprint density at radius 1 is 1.35 bits per heavy atom. The van der Waals surface area contributed by atoms with Crippen LogP contribution in [0.25, 0.3) is 0 Å². The Kier molecular flexibility index (Phi) is 11.3. The van der Waals surface area contributed by atoms with Crippen molar-refractivity contribution in [2.24, 2.45) is 5.92 Å². The SMILES string of the molecule is COC(=O)CCCSCCN1C(=O)CCC1C=C[C@@H](O)[C@@H](C)CC#Cc1ccccc1. The van der Waals surface area contributed by atoms with Gasteiger partial charge in [0, 0.05) is 37.1 Å². The van der Waals surface area contributed by atoms with Gasteiger partial charge in [-0.3, -0.25) is 9.59 Å². The normalized spacial score (nSPS) is 18.0. The van der Waals surface area contributed by atoms with Gasteiger partial charge >= 0.3 is 5.97 Å². The molecule has 0 aromatic heterocycles. The second kappa shape index (κ2) is 14.0. The van der Waals surface area contributed by atoms with Crippen LogP contribution in [0.2, 0.25) is 0 Å². The van der Waals surface area contributed by atoms with E-state index in [0.717, 1.165) is 29.9 Å². The number of methoxy groups -OCH3 is 1. The molecule has 1 amide bonds. The molecule has 1 fully saturated rings. The monoisotopic (exact) mass is 443 g/mol. The van der Waals surface area contributed by atoms with E-state index in [4.69, 9.17) is 0 Å². The molecule has 1 aliphatic rings. The summed E-state index contributed by atoms with van der Waals surface area (Å²) in [6.45, 7) is 2.67. The van der Waals surface area contributed by atoms with Gasteiger partial charge in [-0.2, -0.15) is 11.8 Å². The summed E-state index contributed by atoms with van der Waals surface area (Å²) in [5.74, 6) is 7.98. The predicted molar refractivity (Wildman–Crippen MR) is 126 cm³/mol. The average molecular weight is 444 g/mol. The number of carbonyl (C=O) groups excluding carboxylic acids is 2. The number of thioether (sulfide) groups is 1. The molecule has 6 heteroatoms. The summed E-state index contributed by atoms with van der Waals surface area (Å²) in [6, 6.07) is 9.86. The first kappa shape index (κ1) is 25.0. The van der Waals surface area contributed by atoms with Gasteiger partial charge in [0.25, 0.3) is 0 Å². The van der Waals surface area contributed by atoms with Gasteiger partial charge in [0.1, 0.15) is 0 Å². The highest BCUT2D eigenvalue weighted by Gasteiger charge is 2.28. The molecule has 1 heterocycles. The van der Waals surface area contributed by atoms with E-state index in [0.29, 0.717) is 25.8 Å². The number of ether oxygens (including phenoxy) is 1. The highest BCUT2D eigenvalue weighted by Crippen LogP contribution is 2.21. The zero-order valence-electron chi connectivity index (χ0n) is 18.5. The Morgan fingerprint density at radius 2 is 2.13 bits per heavy atom.